The maximum atomic E-state index is 11.9. The van der Waals surface area contributed by atoms with Crippen molar-refractivity contribution in [3.63, 3.8) is 0 Å². The van der Waals surface area contributed by atoms with Gasteiger partial charge in [-0.25, -0.2) is 4.79 Å². The van der Waals surface area contributed by atoms with Crippen LogP contribution in [0.5, 0.6) is 5.75 Å². The van der Waals surface area contributed by atoms with Crippen LogP contribution < -0.4 is 4.74 Å². The molecule has 0 N–H and O–H groups in total. The fraction of sp³-hybridized carbons (Fsp3) is 0.188. The van der Waals surface area contributed by atoms with Crippen LogP contribution in [-0.2, 0) is 16.1 Å². The second kappa shape index (κ2) is 7.61. The van der Waals surface area contributed by atoms with Crippen LogP contribution in [0.1, 0.15) is 12.5 Å². The molecule has 0 saturated heterocycles. The van der Waals surface area contributed by atoms with E-state index < -0.39 is 12.1 Å². The van der Waals surface area contributed by atoms with Crippen molar-refractivity contribution in [1.29, 1.82) is 0 Å². The van der Waals surface area contributed by atoms with E-state index in [2.05, 4.69) is 31.9 Å². The van der Waals surface area contributed by atoms with Crippen LogP contribution in [0.15, 0.2) is 57.5 Å². The van der Waals surface area contributed by atoms with Gasteiger partial charge in [0.25, 0.3) is 0 Å². The summed E-state index contributed by atoms with van der Waals surface area (Å²) in [5.74, 6) is 0.194. The van der Waals surface area contributed by atoms with Gasteiger partial charge in [0, 0.05) is 4.47 Å². The molecule has 0 spiro atoms. The van der Waals surface area contributed by atoms with Gasteiger partial charge >= 0.3 is 5.97 Å². The lowest BCUT2D eigenvalue weighted by Crippen LogP contribution is -2.26. The lowest BCUT2D eigenvalue weighted by Gasteiger charge is -2.15. The second-order valence-corrected chi connectivity index (χ2v) is 6.20. The van der Waals surface area contributed by atoms with Crippen molar-refractivity contribution in [3.05, 3.63) is 63.0 Å². The number of rotatable bonds is 5. The van der Waals surface area contributed by atoms with Gasteiger partial charge in [0.2, 0.25) is 0 Å². The molecule has 2 aromatic rings. The summed E-state index contributed by atoms with van der Waals surface area (Å²) < 4.78 is 12.5. The summed E-state index contributed by atoms with van der Waals surface area (Å²) in [7, 11) is 0. The number of esters is 1. The van der Waals surface area contributed by atoms with E-state index >= 15 is 0 Å². The normalized spacial score (nSPS) is 11.8. The van der Waals surface area contributed by atoms with Crippen LogP contribution in [0.2, 0.25) is 0 Å². The molecule has 0 aliphatic heterocycles. The standard InChI is InChI=1S/C16H14Br2O3/c1-11(21-15-9-13(17)7-8-14(15)18)16(19)20-10-12-5-3-2-4-6-12/h2-9,11H,10H2,1H3. The molecule has 1 unspecified atom stereocenters. The van der Waals surface area contributed by atoms with Crippen LogP contribution in [0.25, 0.3) is 0 Å². The van der Waals surface area contributed by atoms with Gasteiger partial charge in [-0.1, -0.05) is 46.3 Å². The van der Waals surface area contributed by atoms with Crippen LogP contribution in [-0.4, -0.2) is 12.1 Å². The van der Waals surface area contributed by atoms with Gasteiger partial charge in [-0.3, -0.25) is 0 Å². The molecule has 21 heavy (non-hydrogen) atoms. The van der Waals surface area contributed by atoms with Gasteiger partial charge in [0.1, 0.15) is 12.4 Å². The van der Waals surface area contributed by atoms with E-state index in [-0.39, 0.29) is 6.61 Å². The highest BCUT2D eigenvalue weighted by Gasteiger charge is 2.17. The lowest BCUT2D eigenvalue weighted by atomic mass is 10.2. The summed E-state index contributed by atoms with van der Waals surface area (Å²) in [6.45, 7) is 1.91. The minimum absolute atomic E-state index is 0.243. The zero-order chi connectivity index (χ0) is 15.2. The Morgan fingerprint density at radius 1 is 1.14 bits per heavy atom. The molecule has 0 radical (unpaired) electrons. The average Bonchev–Trinajstić information content (AvgIpc) is 2.49. The Hall–Kier alpha value is -1.33. The number of halogens is 2. The molecular weight excluding hydrogens is 400 g/mol. The SMILES string of the molecule is CC(Oc1cc(Br)ccc1Br)C(=O)OCc1ccccc1. The van der Waals surface area contributed by atoms with Crippen LogP contribution in [0.4, 0.5) is 0 Å². The van der Waals surface area contributed by atoms with Gasteiger partial charge in [-0.15, -0.1) is 0 Å². The first-order chi connectivity index (χ1) is 10.1. The minimum Gasteiger partial charge on any atom is -0.478 e. The van der Waals surface area contributed by atoms with E-state index in [1.807, 2.05) is 42.5 Å². The monoisotopic (exact) mass is 412 g/mol. The number of hydrogen-bond donors (Lipinski definition) is 0. The Labute approximate surface area is 140 Å². The summed E-state index contributed by atoms with van der Waals surface area (Å²) in [5, 5.41) is 0. The Morgan fingerprint density at radius 3 is 2.57 bits per heavy atom. The van der Waals surface area contributed by atoms with Crippen molar-refractivity contribution < 1.29 is 14.3 Å². The topological polar surface area (TPSA) is 35.5 Å². The fourth-order valence-corrected chi connectivity index (χ4v) is 2.33. The molecule has 0 aliphatic carbocycles. The number of ether oxygens (including phenoxy) is 2. The summed E-state index contributed by atoms with van der Waals surface area (Å²) >= 11 is 6.75. The zero-order valence-electron chi connectivity index (χ0n) is 11.4. The third-order valence-corrected chi connectivity index (χ3v) is 3.90. The molecule has 1 atom stereocenters. The number of carbonyl (C=O) groups is 1. The summed E-state index contributed by atoms with van der Waals surface area (Å²) in [4.78, 5) is 11.9. The molecular formula is C16H14Br2O3. The largest absolute Gasteiger partial charge is 0.478 e. The molecule has 0 bridgehead atoms. The molecule has 5 heteroatoms. The lowest BCUT2D eigenvalue weighted by molar-refractivity contribution is -0.152. The van der Waals surface area contributed by atoms with Gasteiger partial charge in [-0.05, 0) is 46.6 Å². The van der Waals surface area contributed by atoms with E-state index in [0.29, 0.717) is 5.75 Å². The summed E-state index contributed by atoms with van der Waals surface area (Å²) in [5.41, 5.74) is 0.946. The quantitative estimate of drug-likeness (QED) is 0.665. The molecule has 2 rings (SSSR count). The smallest absolute Gasteiger partial charge is 0.347 e. The summed E-state index contributed by atoms with van der Waals surface area (Å²) in [6.07, 6.45) is -0.681. The molecule has 0 aliphatic rings. The van der Waals surface area contributed by atoms with Crippen molar-refractivity contribution in [2.75, 3.05) is 0 Å². The third kappa shape index (κ3) is 4.86. The van der Waals surface area contributed by atoms with Gasteiger partial charge in [-0.2, -0.15) is 0 Å². The molecule has 0 amide bonds. The zero-order valence-corrected chi connectivity index (χ0v) is 14.6. The predicted octanol–water partition coefficient (Wildman–Crippen LogP) is 4.72. The summed E-state index contributed by atoms with van der Waals surface area (Å²) in [6, 6.07) is 15.1. The molecule has 2 aromatic carbocycles. The van der Waals surface area contributed by atoms with Crippen molar-refractivity contribution in [2.45, 2.75) is 19.6 Å². The van der Waals surface area contributed by atoms with Crippen LogP contribution in [0, 0.1) is 0 Å². The van der Waals surface area contributed by atoms with E-state index in [4.69, 9.17) is 9.47 Å². The third-order valence-electron chi connectivity index (χ3n) is 2.75. The highest BCUT2D eigenvalue weighted by atomic mass is 79.9. The number of benzene rings is 2. The highest BCUT2D eigenvalue weighted by molar-refractivity contribution is 9.11. The van der Waals surface area contributed by atoms with Gasteiger partial charge in [0.15, 0.2) is 6.10 Å². The first-order valence-electron chi connectivity index (χ1n) is 6.38. The fourth-order valence-electron chi connectivity index (χ4n) is 1.65. The van der Waals surface area contributed by atoms with Crippen LogP contribution in [0.3, 0.4) is 0 Å². The first-order valence-corrected chi connectivity index (χ1v) is 7.97. The van der Waals surface area contributed by atoms with E-state index in [1.165, 1.54) is 0 Å². The molecule has 3 nitrogen and oxygen atoms in total. The molecule has 110 valence electrons. The van der Waals surface area contributed by atoms with Crippen LogP contribution >= 0.6 is 31.9 Å². The van der Waals surface area contributed by atoms with Gasteiger partial charge in [0.05, 0.1) is 4.47 Å². The molecule has 0 aromatic heterocycles. The molecule has 0 fully saturated rings. The average molecular weight is 414 g/mol. The predicted molar refractivity (Wildman–Crippen MR) is 88.2 cm³/mol. The van der Waals surface area contributed by atoms with Crippen molar-refractivity contribution in [1.82, 2.24) is 0 Å². The van der Waals surface area contributed by atoms with Crippen molar-refractivity contribution in [2.24, 2.45) is 0 Å². The maximum Gasteiger partial charge on any atom is 0.347 e. The van der Waals surface area contributed by atoms with E-state index in [9.17, 15) is 4.79 Å². The Bertz CT molecular complexity index is 614. The van der Waals surface area contributed by atoms with Crippen molar-refractivity contribution in [3.8, 4) is 5.75 Å². The Balaban J connectivity index is 1.92. The molecule has 0 saturated carbocycles. The number of carbonyl (C=O) groups excluding carboxylic acids is 1. The number of hydrogen-bond acceptors (Lipinski definition) is 3. The van der Waals surface area contributed by atoms with Crippen molar-refractivity contribution >= 4 is 37.8 Å². The minimum atomic E-state index is -0.681. The Kier molecular flexibility index (Phi) is 5.82. The van der Waals surface area contributed by atoms with E-state index in [0.717, 1.165) is 14.5 Å². The molecule has 0 heterocycles. The first kappa shape index (κ1) is 16.0. The highest BCUT2D eigenvalue weighted by Crippen LogP contribution is 2.29. The second-order valence-electron chi connectivity index (χ2n) is 4.43. The Morgan fingerprint density at radius 2 is 1.86 bits per heavy atom. The maximum absolute atomic E-state index is 11.9. The van der Waals surface area contributed by atoms with E-state index in [1.54, 1.807) is 13.0 Å². The van der Waals surface area contributed by atoms with Gasteiger partial charge < -0.3 is 9.47 Å².